The van der Waals surface area contributed by atoms with Crippen molar-refractivity contribution in [3.8, 4) is 0 Å². The molecule has 0 aromatic carbocycles. The third kappa shape index (κ3) is 4.17. The Bertz CT molecular complexity index is 490. The summed E-state index contributed by atoms with van der Waals surface area (Å²) in [5, 5.41) is 11.9. The standard InChI is InChI=1S/C12H22N2O5S/c1-12(11(16)17)6-3-4-9(12)14-10(15)8(13)5-7-20(2,18)19/h8-9H,3-7,13H2,1-2H3,(H,14,15)(H,16,17). The van der Waals surface area contributed by atoms with Crippen LogP contribution in [0.15, 0.2) is 0 Å². The Morgan fingerprint density at radius 1 is 1.50 bits per heavy atom. The second kappa shape index (κ2) is 6.09. The van der Waals surface area contributed by atoms with Gasteiger partial charge in [-0.05, 0) is 26.2 Å². The van der Waals surface area contributed by atoms with Crippen molar-refractivity contribution >= 4 is 21.7 Å². The summed E-state index contributed by atoms with van der Waals surface area (Å²) in [7, 11) is -3.17. The van der Waals surface area contributed by atoms with Crippen LogP contribution in [0.2, 0.25) is 0 Å². The molecule has 4 N–H and O–H groups in total. The molecule has 1 aliphatic carbocycles. The molecule has 20 heavy (non-hydrogen) atoms. The van der Waals surface area contributed by atoms with Crippen LogP contribution in [0.1, 0.15) is 32.6 Å². The minimum Gasteiger partial charge on any atom is -0.481 e. The summed E-state index contributed by atoms with van der Waals surface area (Å²) in [5.41, 5.74) is 4.66. The highest BCUT2D eigenvalue weighted by Crippen LogP contribution is 2.38. The molecule has 0 spiro atoms. The molecule has 0 aromatic heterocycles. The van der Waals surface area contributed by atoms with E-state index < -0.39 is 39.2 Å². The summed E-state index contributed by atoms with van der Waals surface area (Å²) < 4.78 is 22.1. The normalized spacial score (nSPS) is 28.1. The molecular weight excluding hydrogens is 284 g/mol. The van der Waals surface area contributed by atoms with Gasteiger partial charge >= 0.3 is 5.97 Å². The Morgan fingerprint density at radius 3 is 2.60 bits per heavy atom. The number of sulfone groups is 1. The van der Waals surface area contributed by atoms with Gasteiger partial charge in [-0.2, -0.15) is 0 Å². The van der Waals surface area contributed by atoms with Crippen LogP contribution >= 0.6 is 0 Å². The van der Waals surface area contributed by atoms with Gasteiger partial charge in [-0.1, -0.05) is 6.42 Å². The zero-order valence-corrected chi connectivity index (χ0v) is 12.6. The Hall–Kier alpha value is -1.15. The van der Waals surface area contributed by atoms with Crippen molar-refractivity contribution < 1.29 is 23.1 Å². The average molecular weight is 306 g/mol. The van der Waals surface area contributed by atoms with E-state index in [-0.39, 0.29) is 12.2 Å². The van der Waals surface area contributed by atoms with E-state index in [2.05, 4.69) is 5.32 Å². The van der Waals surface area contributed by atoms with Crippen molar-refractivity contribution in [2.75, 3.05) is 12.0 Å². The Labute approximate surface area is 118 Å². The zero-order valence-electron chi connectivity index (χ0n) is 11.8. The van der Waals surface area contributed by atoms with Crippen LogP contribution in [0.5, 0.6) is 0 Å². The van der Waals surface area contributed by atoms with Crippen LogP contribution in [0, 0.1) is 5.41 Å². The van der Waals surface area contributed by atoms with E-state index in [4.69, 9.17) is 5.73 Å². The number of nitrogens with two attached hydrogens (primary N) is 1. The highest BCUT2D eigenvalue weighted by Gasteiger charge is 2.46. The van der Waals surface area contributed by atoms with E-state index in [0.29, 0.717) is 12.8 Å². The van der Waals surface area contributed by atoms with Gasteiger partial charge in [0.2, 0.25) is 5.91 Å². The average Bonchev–Trinajstić information content (AvgIpc) is 2.68. The van der Waals surface area contributed by atoms with Crippen molar-refractivity contribution in [3.63, 3.8) is 0 Å². The Kier molecular flexibility index (Phi) is 5.15. The Morgan fingerprint density at radius 2 is 2.10 bits per heavy atom. The number of aliphatic carboxylic acids is 1. The lowest BCUT2D eigenvalue weighted by Crippen LogP contribution is -2.52. The van der Waals surface area contributed by atoms with Crippen molar-refractivity contribution in [1.29, 1.82) is 0 Å². The van der Waals surface area contributed by atoms with E-state index in [1.165, 1.54) is 0 Å². The topological polar surface area (TPSA) is 127 Å². The molecule has 3 atom stereocenters. The second-order valence-electron chi connectivity index (χ2n) is 5.70. The first-order chi connectivity index (χ1) is 9.06. The van der Waals surface area contributed by atoms with Gasteiger partial charge < -0.3 is 16.2 Å². The molecule has 0 bridgehead atoms. The van der Waals surface area contributed by atoms with E-state index in [0.717, 1.165) is 12.7 Å². The van der Waals surface area contributed by atoms with E-state index in [1.54, 1.807) is 6.92 Å². The fraction of sp³-hybridized carbons (Fsp3) is 0.833. The van der Waals surface area contributed by atoms with E-state index in [1.807, 2.05) is 0 Å². The van der Waals surface area contributed by atoms with Crippen LogP contribution in [-0.2, 0) is 19.4 Å². The predicted molar refractivity (Wildman–Crippen MR) is 73.8 cm³/mol. The van der Waals surface area contributed by atoms with Crippen LogP contribution in [0.25, 0.3) is 0 Å². The molecule has 0 aromatic rings. The van der Waals surface area contributed by atoms with Crippen LogP contribution in [-0.4, -0.2) is 49.5 Å². The first-order valence-corrected chi connectivity index (χ1v) is 8.59. The van der Waals surface area contributed by atoms with Gasteiger partial charge in [-0.15, -0.1) is 0 Å². The molecule has 7 nitrogen and oxygen atoms in total. The molecule has 1 amide bonds. The van der Waals surface area contributed by atoms with Gasteiger partial charge in [-0.3, -0.25) is 9.59 Å². The smallest absolute Gasteiger partial charge is 0.311 e. The molecule has 0 heterocycles. The second-order valence-corrected chi connectivity index (χ2v) is 7.96. The van der Waals surface area contributed by atoms with Crippen LogP contribution in [0.4, 0.5) is 0 Å². The highest BCUT2D eigenvalue weighted by atomic mass is 32.2. The van der Waals surface area contributed by atoms with Crippen LogP contribution < -0.4 is 11.1 Å². The van der Waals surface area contributed by atoms with Gasteiger partial charge in [0.1, 0.15) is 9.84 Å². The molecular formula is C12H22N2O5S. The summed E-state index contributed by atoms with van der Waals surface area (Å²) in [5.74, 6) is -1.60. The lowest BCUT2D eigenvalue weighted by molar-refractivity contribution is -0.149. The van der Waals surface area contributed by atoms with Gasteiger partial charge in [0, 0.05) is 12.3 Å². The monoisotopic (exact) mass is 306 g/mol. The molecule has 0 saturated heterocycles. The summed E-state index contributed by atoms with van der Waals surface area (Å²) >= 11 is 0. The fourth-order valence-electron chi connectivity index (χ4n) is 2.40. The highest BCUT2D eigenvalue weighted by molar-refractivity contribution is 7.90. The van der Waals surface area contributed by atoms with E-state index >= 15 is 0 Å². The van der Waals surface area contributed by atoms with Gasteiger partial charge in [0.25, 0.3) is 0 Å². The minimum absolute atomic E-state index is 0.0289. The number of carbonyl (C=O) groups excluding carboxylic acids is 1. The number of nitrogens with one attached hydrogen (secondary N) is 1. The summed E-state index contributed by atoms with van der Waals surface area (Å²) in [6.45, 7) is 1.61. The molecule has 1 aliphatic rings. The number of carboxylic acids is 1. The van der Waals surface area contributed by atoms with Crippen molar-refractivity contribution in [2.45, 2.75) is 44.7 Å². The fourth-order valence-corrected chi connectivity index (χ4v) is 3.09. The number of hydrogen-bond donors (Lipinski definition) is 3. The predicted octanol–water partition coefficient (Wildman–Crippen LogP) is -0.492. The molecule has 8 heteroatoms. The quantitative estimate of drug-likeness (QED) is 0.607. The van der Waals surface area contributed by atoms with Crippen LogP contribution in [0.3, 0.4) is 0 Å². The first-order valence-electron chi connectivity index (χ1n) is 6.53. The number of carbonyl (C=O) groups is 2. The van der Waals surface area contributed by atoms with Gasteiger partial charge in [-0.25, -0.2) is 8.42 Å². The van der Waals surface area contributed by atoms with Crippen molar-refractivity contribution in [3.05, 3.63) is 0 Å². The molecule has 1 fully saturated rings. The number of hydrogen-bond acceptors (Lipinski definition) is 5. The van der Waals surface area contributed by atoms with Gasteiger partial charge in [0.05, 0.1) is 17.2 Å². The molecule has 0 aliphatic heterocycles. The molecule has 1 saturated carbocycles. The number of amides is 1. The maximum Gasteiger partial charge on any atom is 0.311 e. The first kappa shape index (κ1) is 16.9. The number of carboxylic acid groups (broad SMARTS) is 1. The maximum absolute atomic E-state index is 11.9. The zero-order chi connectivity index (χ0) is 15.6. The third-order valence-corrected chi connectivity index (χ3v) is 4.88. The summed E-state index contributed by atoms with van der Waals surface area (Å²) in [6.07, 6.45) is 2.93. The van der Waals surface area contributed by atoms with Gasteiger partial charge in [0.15, 0.2) is 0 Å². The van der Waals surface area contributed by atoms with Crippen molar-refractivity contribution in [2.24, 2.45) is 11.1 Å². The molecule has 116 valence electrons. The summed E-state index contributed by atoms with van der Waals surface area (Å²) in [6, 6.07) is -1.40. The molecule has 0 radical (unpaired) electrons. The van der Waals surface area contributed by atoms with Crippen molar-refractivity contribution in [1.82, 2.24) is 5.32 Å². The summed E-state index contributed by atoms with van der Waals surface area (Å²) in [4.78, 5) is 23.2. The lowest BCUT2D eigenvalue weighted by atomic mass is 9.85. The molecule has 3 unspecified atom stereocenters. The maximum atomic E-state index is 11.9. The SMILES string of the molecule is CC1(C(=O)O)CCCC1NC(=O)C(N)CCS(C)(=O)=O. The number of rotatable bonds is 6. The third-order valence-electron chi connectivity index (χ3n) is 3.90. The largest absolute Gasteiger partial charge is 0.481 e. The molecule has 1 rings (SSSR count). The van der Waals surface area contributed by atoms with E-state index in [9.17, 15) is 23.1 Å². The minimum atomic E-state index is -3.17. The lowest BCUT2D eigenvalue weighted by Gasteiger charge is -2.28. The Balaban J connectivity index is 2.59.